The van der Waals surface area contributed by atoms with Crippen molar-refractivity contribution >= 4 is 17.4 Å². The lowest BCUT2D eigenvalue weighted by molar-refractivity contribution is -0.116. The van der Waals surface area contributed by atoms with Crippen LogP contribution in [-0.2, 0) is 11.3 Å². The Bertz CT molecular complexity index is 540. The van der Waals surface area contributed by atoms with Crippen molar-refractivity contribution in [1.29, 1.82) is 0 Å². The molecule has 1 amide bonds. The van der Waals surface area contributed by atoms with Gasteiger partial charge in [-0.3, -0.25) is 9.78 Å². The lowest BCUT2D eigenvalue weighted by Gasteiger charge is -2.07. The van der Waals surface area contributed by atoms with E-state index in [1.54, 1.807) is 12.4 Å². The van der Waals surface area contributed by atoms with Crippen molar-refractivity contribution in [2.75, 3.05) is 10.6 Å². The molecule has 5 nitrogen and oxygen atoms in total. The van der Waals surface area contributed by atoms with Gasteiger partial charge in [-0.2, -0.15) is 0 Å². The van der Waals surface area contributed by atoms with Crippen molar-refractivity contribution in [3.05, 3.63) is 48.4 Å². The van der Waals surface area contributed by atoms with Crippen LogP contribution in [0.5, 0.6) is 0 Å². The number of aromatic nitrogens is 2. The second-order valence-electron chi connectivity index (χ2n) is 4.45. The summed E-state index contributed by atoms with van der Waals surface area (Å²) < 4.78 is 0. The molecule has 0 saturated carbocycles. The van der Waals surface area contributed by atoms with E-state index in [0.717, 1.165) is 23.5 Å². The summed E-state index contributed by atoms with van der Waals surface area (Å²) in [7, 11) is 0. The van der Waals surface area contributed by atoms with Crippen molar-refractivity contribution < 1.29 is 4.79 Å². The van der Waals surface area contributed by atoms with Gasteiger partial charge >= 0.3 is 0 Å². The summed E-state index contributed by atoms with van der Waals surface area (Å²) in [4.78, 5) is 19.8. The van der Waals surface area contributed by atoms with Crippen LogP contribution >= 0.6 is 0 Å². The molecule has 0 aliphatic heterocycles. The van der Waals surface area contributed by atoms with Gasteiger partial charge in [0.2, 0.25) is 5.91 Å². The number of nitrogens with zero attached hydrogens (tertiary/aromatic N) is 2. The first-order chi connectivity index (χ1) is 9.78. The van der Waals surface area contributed by atoms with E-state index in [9.17, 15) is 4.79 Å². The molecule has 5 heteroatoms. The summed E-state index contributed by atoms with van der Waals surface area (Å²) >= 11 is 0. The Morgan fingerprint density at radius 1 is 1.25 bits per heavy atom. The van der Waals surface area contributed by atoms with Gasteiger partial charge in [-0.1, -0.05) is 13.0 Å². The smallest absolute Gasteiger partial charge is 0.224 e. The fourth-order valence-corrected chi connectivity index (χ4v) is 1.72. The zero-order chi connectivity index (χ0) is 14.2. The largest absolute Gasteiger partial charge is 0.366 e. The molecule has 0 unspecified atom stereocenters. The molecule has 2 rings (SSSR count). The van der Waals surface area contributed by atoms with E-state index >= 15 is 0 Å². The highest BCUT2D eigenvalue weighted by Crippen LogP contribution is 2.11. The van der Waals surface area contributed by atoms with E-state index in [-0.39, 0.29) is 5.91 Å². The van der Waals surface area contributed by atoms with E-state index in [4.69, 9.17) is 0 Å². The van der Waals surface area contributed by atoms with Crippen molar-refractivity contribution in [2.24, 2.45) is 0 Å². The molecule has 0 fully saturated rings. The molecule has 20 heavy (non-hydrogen) atoms. The van der Waals surface area contributed by atoms with Crippen LogP contribution < -0.4 is 10.6 Å². The minimum atomic E-state index is 0.0189. The Balaban J connectivity index is 1.87. The van der Waals surface area contributed by atoms with Crippen LogP contribution in [0.2, 0.25) is 0 Å². The molecule has 0 spiro atoms. The highest BCUT2D eigenvalue weighted by atomic mass is 16.1. The van der Waals surface area contributed by atoms with Gasteiger partial charge in [0.15, 0.2) is 0 Å². The number of anilines is 2. The second-order valence-corrected chi connectivity index (χ2v) is 4.45. The highest BCUT2D eigenvalue weighted by Gasteiger charge is 2.01. The summed E-state index contributed by atoms with van der Waals surface area (Å²) in [6.07, 6.45) is 6.58. The van der Waals surface area contributed by atoms with Crippen LogP contribution in [0.15, 0.2) is 42.9 Å². The molecule has 0 bridgehead atoms. The monoisotopic (exact) mass is 270 g/mol. The Hall–Kier alpha value is -2.43. The van der Waals surface area contributed by atoms with Gasteiger partial charge in [0.05, 0.1) is 11.9 Å². The third-order valence-electron chi connectivity index (χ3n) is 2.72. The molecule has 2 N–H and O–H groups in total. The molecule has 0 aromatic carbocycles. The van der Waals surface area contributed by atoms with Crippen LogP contribution in [-0.4, -0.2) is 15.9 Å². The van der Waals surface area contributed by atoms with Crippen LogP contribution in [0.3, 0.4) is 0 Å². The van der Waals surface area contributed by atoms with Gasteiger partial charge in [0.25, 0.3) is 0 Å². The summed E-state index contributed by atoms with van der Waals surface area (Å²) in [5, 5.41) is 6.01. The fourth-order valence-electron chi connectivity index (χ4n) is 1.72. The van der Waals surface area contributed by atoms with E-state index in [1.165, 1.54) is 0 Å². The van der Waals surface area contributed by atoms with Crippen LogP contribution in [0.1, 0.15) is 25.3 Å². The Kier molecular flexibility index (Phi) is 5.06. The SMILES string of the molecule is CCCC(=O)Nc1ccc(NCc2cccnc2)nc1. The van der Waals surface area contributed by atoms with Crippen LogP contribution in [0.25, 0.3) is 0 Å². The Morgan fingerprint density at radius 2 is 2.15 bits per heavy atom. The van der Waals surface area contributed by atoms with Gasteiger partial charge in [0.1, 0.15) is 5.82 Å². The van der Waals surface area contributed by atoms with E-state index in [1.807, 2.05) is 37.4 Å². The van der Waals surface area contributed by atoms with Crippen molar-refractivity contribution in [3.8, 4) is 0 Å². The quantitative estimate of drug-likeness (QED) is 0.847. The van der Waals surface area contributed by atoms with Gasteiger partial charge in [0, 0.05) is 25.4 Å². The number of pyridine rings is 2. The molecule has 2 heterocycles. The molecule has 2 aromatic heterocycles. The maximum atomic E-state index is 11.4. The maximum Gasteiger partial charge on any atom is 0.224 e. The minimum Gasteiger partial charge on any atom is -0.366 e. The highest BCUT2D eigenvalue weighted by molar-refractivity contribution is 5.90. The van der Waals surface area contributed by atoms with Crippen molar-refractivity contribution in [1.82, 2.24) is 9.97 Å². The minimum absolute atomic E-state index is 0.0189. The summed E-state index contributed by atoms with van der Waals surface area (Å²) in [5.74, 6) is 0.785. The molecular weight excluding hydrogens is 252 g/mol. The normalized spacial score (nSPS) is 10.1. The number of carbonyl (C=O) groups is 1. The van der Waals surface area contributed by atoms with E-state index in [0.29, 0.717) is 13.0 Å². The molecule has 0 aliphatic carbocycles. The average molecular weight is 270 g/mol. The second kappa shape index (κ2) is 7.23. The molecular formula is C15H18N4O. The standard InChI is InChI=1S/C15H18N4O/c1-2-4-15(20)19-13-6-7-14(18-11-13)17-10-12-5-3-8-16-9-12/h3,5-9,11H,2,4,10H2,1H3,(H,17,18)(H,19,20). The topological polar surface area (TPSA) is 66.9 Å². The Labute approximate surface area is 118 Å². The summed E-state index contributed by atoms with van der Waals surface area (Å²) in [6, 6.07) is 7.58. The number of carbonyl (C=O) groups excluding carboxylic acids is 1. The third-order valence-corrected chi connectivity index (χ3v) is 2.72. The van der Waals surface area contributed by atoms with Crippen LogP contribution in [0, 0.1) is 0 Å². The molecule has 104 valence electrons. The van der Waals surface area contributed by atoms with Gasteiger partial charge in [-0.25, -0.2) is 4.98 Å². The predicted octanol–water partition coefficient (Wildman–Crippen LogP) is 2.83. The first-order valence-electron chi connectivity index (χ1n) is 6.66. The molecule has 2 aromatic rings. The maximum absolute atomic E-state index is 11.4. The average Bonchev–Trinajstić information content (AvgIpc) is 2.48. The summed E-state index contributed by atoms with van der Waals surface area (Å²) in [5.41, 5.74) is 1.81. The van der Waals surface area contributed by atoms with E-state index < -0.39 is 0 Å². The van der Waals surface area contributed by atoms with Gasteiger partial charge in [-0.15, -0.1) is 0 Å². The van der Waals surface area contributed by atoms with E-state index in [2.05, 4.69) is 20.6 Å². The zero-order valence-corrected chi connectivity index (χ0v) is 11.5. The van der Waals surface area contributed by atoms with Crippen LogP contribution in [0.4, 0.5) is 11.5 Å². The summed E-state index contributed by atoms with van der Waals surface area (Å²) in [6.45, 7) is 2.64. The third kappa shape index (κ3) is 4.35. The number of nitrogens with one attached hydrogen (secondary N) is 2. The molecule has 0 aliphatic rings. The lowest BCUT2D eigenvalue weighted by Crippen LogP contribution is -2.11. The molecule has 0 atom stereocenters. The molecule has 0 saturated heterocycles. The first kappa shape index (κ1) is 14.0. The van der Waals surface area contributed by atoms with Crippen molar-refractivity contribution in [2.45, 2.75) is 26.3 Å². The molecule has 0 radical (unpaired) electrons. The first-order valence-corrected chi connectivity index (χ1v) is 6.66. The Morgan fingerprint density at radius 3 is 2.80 bits per heavy atom. The number of rotatable bonds is 6. The fraction of sp³-hybridized carbons (Fsp3) is 0.267. The van der Waals surface area contributed by atoms with Gasteiger partial charge < -0.3 is 10.6 Å². The van der Waals surface area contributed by atoms with Gasteiger partial charge in [-0.05, 0) is 30.2 Å². The number of hydrogen-bond acceptors (Lipinski definition) is 4. The van der Waals surface area contributed by atoms with Crippen molar-refractivity contribution in [3.63, 3.8) is 0 Å². The predicted molar refractivity (Wildman–Crippen MR) is 79.3 cm³/mol. The lowest BCUT2D eigenvalue weighted by atomic mass is 10.3. The zero-order valence-electron chi connectivity index (χ0n) is 11.5. The number of amides is 1. The number of hydrogen-bond donors (Lipinski definition) is 2.